The molecule has 0 unspecified atom stereocenters. The Balaban J connectivity index is 1.59. The van der Waals surface area contributed by atoms with E-state index >= 15 is 0 Å². The number of nitrogens with one attached hydrogen (secondary N) is 2. The van der Waals surface area contributed by atoms with Gasteiger partial charge in [-0.2, -0.15) is 0 Å². The van der Waals surface area contributed by atoms with Gasteiger partial charge in [0.1, 0.15) is 11.8 Å². The van der Waals surface area contributed by atoms with Gasteiger partial charge in [0.2, 0.25) is 11.8 Å². The molecule has 3 aromatic carbocycles. The van der Waals surface area contributed by atoms with E-state index in [1.54, 1.807) is 19.2 Å². The summed E-state index contributed by atoms with van der Waals surface area (Å²) >= 11 is 0. The van der Waals surface area contributed by atoms with Crippen molar-refractivity contribution in [1.29, 1.82) is 0 Å². The maximum absolute atomic E-state index is 12.7. The summed E-state index contributed by atoms with van der Waals surface area (Å²) in [6.07, 6.45) is -0.150. The summed E-state index contributed by atoms with van der Waals surface area (Å²) in [7, 11) is 1.56. The van der Waals surface area contributed by atoms with Crippen molar-refractivity contribution in [3.05, 3.63) is 90.0 Å². The minimum atomic E-state index is -1.03. The highest BCUT2D eigenvalue weighted by Gasteiger charge is 2.21. The summed E-state index contributed by atoms with van der Waals surface area (Å²) in [5, 5.41) is 14.5. The van der Waals surface area contributed by atoms with Gasteiger partial charge in [-0.25, -0.2) is 0 Å². The number of hydrogen-bond donors (Lipinski definition) is 3. The molecule has 0 saturated heterocycles. The number of rotatable bonds is 11. The Labute approximate surface area is 198 Å². The Morgan fingerprint density at radius 2 is 1.59 bits per heavy atom. The fraction of sp³-hybridized carbons (Fsp3) is 0.222. The van der Waals surface area contributed by atoms with Gasteiger partial charge >= 0.3 is 5.97 Å². The predicted octanol–water partition coefficient (Wildman–Crippen LogP) is 3.57. The van der Waals surface area contributed by atoms with Crippen LogP contribution in [0.5, 0.6) is 5.75 Å². The molecule has 3 N–H and O–H groups in total. The van der Waals surface area contributed by atoms with Crippen LogP contribution in [0.25, 0.3) is 11.1 Å². The first-order chi connectivity index (χ1) is 16.4. The second-order valence-corrected chi connectivity index (χ2v) is 7.86. The highest BCUT2D eigenvalue weighted by molar-refractivity contribution is 5.88. The number of ether oxygens (including phenoxy) is 1. The molecule has 7 nitrogen and oxygen atoms in total. The summed E-state index contributed by atoms with van der Waals surface area (Å²) in [6.45, 7) is 0.233. The van der Waals surface area contributed by atoms with E-state index in [1.165, 1.54) is 0 Å². The normalized spacial score (nSPS) is 11.3. The van der Waals surface area contributed by atoms with Gasteiger partial charge in [-0.1, -0.05) is 66.7 Å². The van der Waals surface area contributed by atoms with E-state index in [2.05, 4.69) is 10.6 Å². The lowest BCUT2D eigenvalue weighted by atomic mass is 10.0. The third-order valence-electron chi connectivity index (χ3n) is 5.33. The summed E-state index contributed by atoms with van der Waals surface area (Å²) < 4.78 is 5.18. The van der Waals surface area contributed by atoms with Gasteiger partial charge in [-0.15, -0.1) is 0 Å². The van der Waals surface area contributed by atoms with E-state index in [0.717, 1.165) is 22.3 Å². The fourth-order valence-corrected chi connectivity index (χ4v) is 3.51. The van der Waals surface area contributed by atoms with Crippen LogP contribution >= 0.6 is 0 Å². The van der Waals surface area contributed by atoms with Gasteiger partial charge in [0.25, 0.3) is 0 Å². The molecule has 0 bridgehead atoms. The van der Waals surface area contributed by atoms with Crippen molar-refractivity contribution in [1.82, 2.24) is 10.6 Å². The van der Waals surface area contributed by atoms with Gasteiger partial charge in [-0.3, -0.25) is 14.4 Å². The van der Waals surface area contributed by atoms with Crippen LogP contribution < -0.4 is 15.4 Å². The monoisotopic (exact) mass is 460 g/mol. The smallest absolute Gasteiger partial charge is 0.303 e. The van der Waals surface area contributed by atoms with Gasteiger partial charge in [0.15, 0.2) is 0 Å². The van der Waals surface area contributed by atoms with Crippen molar-refractivity contribution >= 4 is 17.8 Å². The van der Waals surface area contributed by atoms with E-state index in [-0.39, 0.29) is 31.7 Å². The second-order valence-electron chi connectivity index (χ2n) is 7.86. The molecule has 7 heteroatoms. The largest absolute Gasteiger partial charge is 0.497 e. The zero-order chi connectivity index (χ0) is 24.3. The Hall–Kier alpha value is -4.13. The number of carboxylic acids is 1. The minimum Gasteiger partial charge on any atom is -0.497 e. The van der Waals surface area contributed by atoms with Crippen molar-refractivity contribution in [3.8, 4) is 16.9 Å². The molecule has 1 atom stereocenters. The molecule has 2 amide bonds. The number of benzene rings is 3. The molecule has 3 rings (SSSR count). The third-order valence-corrected chi connectivity index (χ3v) is 5.33. The molecule has 0 radical (unpaired) electrons. The molecule has 0 aliphatic heterocycles. The van der Waals surface area contributed by atoms with Crippen LogP contribution in [-0.4, -0.2) is 36.0 Å². The first-order valence-electron chi connectivity index (χ1n) is 11.0. The number of methoxy groups -OCH3 is 1. The topological polar surface area (TPSA) is 105 Å². The fourth-order valence-electron chi connectivity index (χ4n) is 3.51. The maximum atomic E-state index is 12.7. The average molecular weight is 461 g/mol. The lowest BCUT2D eigenvalue weighted by Gasteiger charge is -2.18. The summed E-state index contributed by atoms with van der Waals surface area (Å²) in [6, 6.07) is 23.8. The average Bonchev–Trinajstić information content (AvgIpc) is 2.86. The predicted molar refractivity (Wildman–Crippen MR) is 129 cm³/mol. The number of amides is 2. The van der Waals surface area contributed by atoms with E-state index in [9.17, 15) is 14.4 Å². The third kappa shape index (κ3) is 7.48. The molecular weight excluding hydrogens is 432 g/mol. The van der Waals surface area contributed by atoms with Crippen LogP contribution in [0, 0.1) is 0 Å². The van der Waals surface area contributed by atoms with E-state index < -0.39 is 17.9 Å². The number of carboxylic acid groups (broad SMARTS) is 1. The molecule has 0 aliphatic carbocycles. The first kappa shape index (κ1) is 24.5. The van der Waals surface area contributed by atoms with Crippen molar-refractivity contribution in [2.75, 3.05) is 7.11 Å². The lowest BCUT2D eigenvalue weighted by molar-refractivity contribution is -0.138. The molecule has 0 aromatic heterocycles. The Morgan fingerprint density at radius 3 is 2.26 bits per heavy atom. The zero-order valence-electron chi connectivity index (χ0n) is 19.0. The summed E-state index contributed by atoms with van der Waals surface area (Å²) in [4.78, 5) is 36.4. The Kier molecular flexibility index (Phi) is 8.80. The standard InChI is InChI=1S/C27H28N2O5/c1-34-23-9-5-6-20(16-23)18-28-27(33)24(14-15-26(31)32)29-25(30)17-19-10-12-22(13-11-19)21-7-3-2-4-8-21/h2-13,16,24H,14-15,17-18H2,1H3,(H,28,33)(H,29,30)(H,31,32)/t24-/m0/s1. The van der Waals surface area contributed by atoms with Crippen LogP contribution in [-0.2, 0) is 27.3 Å². The lowest BCUT2D eigenvalue weighted by Crippen LogP contribution is -2.47. The molecule has 0 saturated carbocycles. The van der Waals surface area contributed by atoms with Crippen LogP contribution in [0.4, 0.5) is 0 Å². The van der Waals surface area contributed by atoms with Gasteiger partial charge in [0, 0.05) is 13.0 Å². The Bertz CT molecular complexity index is 1110. The first-order valence-corrected chi connectivity index (χ1v) is 11.0. The van der Waals surface area contributed by atoms with Crippen molar-refractivity contribution in [3.63, 3.8) is 0 Å². The van der Waals surface area contributed by atoms with Crippen LogP contribution in [0.3, 0.4) is 0 Å². The molecular formula is C27H28N2O5. The van der Waals surface area contributed by atoms with E-state index in [0.29, 0.717) is 5.75 Å². The maximum Gasteiger partial charge on any atom is 0.303 e. The SMILES string of the molecule is COc1cccc(CNC(=O)[C@H](CCC(=O)O)NC(=O)Cc2ccc(-c3ccccc3)cc2)c1. The Morgan fingerprint density at radius 1 is 0.882 bits per heavy atom. The van der Waals surface area contributed by atoms with E-state index in [4.69, 9.17) is 9.84 Å². The van der Waals surface area contributed by atoms with Crippen LogP contribution in [0.1, 0.15) is 24.0 Å². The molecule has 0 fully saturated rings. The highest BCUT2D eigenvalue weighted by Crippen LogP contribution is 2.19. The minimum absolute atomic E-state index is 0.00202. The highest BCUT2D eigenvalue weighted by atomic mass is 16.5. The molecule has 0 aliphatic rings. The van der Waals surface area contributed by atoms with E-state index in [1.807, 2.05) is 66.7 Å². The van der Waals surface area contributed by atoms with Crippen LogP contribution in [0.2, 0.25) is 0 Å². The number of carbonyl (C=O) groups excluding carboxylic acids is 2. The van der Waals surface area contributed by atoms with Gasteiger partial charge < -0.3 is 20.5 Å². The number of carbonyl (C=O) groups is 3. The summed E-state index contributed by atoms with van der Waals surface area (Å²) in [5.74, 6) is -1.15. The molecule has 0 spiro atoms. The van der Waals surface area contributed by atoms with Crippen molar-refractivity contribution < 1.29 is 24.2 Å². The molecule has 176 valence electrons. The second kappa shape index (κ2) is 12.2. The molecule has 3 aromatic rings. The van der Waals surface area contributed by atoms with Gasteiger partial charge in [-0.05, 0) is 40.8 Å². The van der Waals surface area contributed by atoms with Crippen molar-refractivity contribution in [2.24, 2.45) is 0 Å². The van der Waals surface area contributed by atoms with Crippen molar-refractivity contribution in [2.45, 2.75) is 31.8 Å². The van der Waals surface area contributed by atoms with Crippen LogP contribution in [0.15, 0.2) is 78.9 Å². The molecule has 0 heterocycles. The van der Waals surface area contributed by atoms with Gasteiger partial charge in [0.05, 0.1) is 13.5 Å². The summed E-state index contributed by atoms with van der Waals surface area (Å²) in [5.41, 5.74) is 3.75. The number of hydrogen-bond acceptors (Lipinski definition) is 4. The zero-order valence-corrected chi connectivity index (χ0v) is 19.0. The quantitative estimate of drug-likeness (QED) is 0.406. The number of aliphatic carboxylic acids is 1. The molecule has 34 heavy (non-hydrogen) atoms.